The van der Waals surface area contributed by atoms with Crippen molar-refractivity contribution in [2.24, 2.45) is 5.92 Å². The molecule has 4 heterocycles. The minimum absolute atomic E-state index is 0.503. The van der Waals surface area contributed by atoms with Crippen LogP contribution in [-0.4, -0.2) is 54.5 Å². The topological polar surface area (TPSA) is 74.8 Å². The van der Waals surface area contributed by atoms with Crippen LogP contribution in [0.4, 0.5) is 17.6 Å². The highest BCUT2D eigenvalue weighted by Crippen LogP contribution is 2.31. The lowest BCUT2D eigenvalue weighted by atomic mass is 10.0. The summed E-state index contributed by atoms with van der Waals surface area (Å²) in [4.78, 5) is 14.5. The summed E-state index contributed by atoms with van der Waals surface area (Å²) in [6.07, 6.45) is 6.18. The Morgan fingerprint density at radius 1 is 0.971 bits per heavy atom. The Labute approximate surface area is 207 Å². The van der Waals surface area contributed by atoms with Gasteiger partial charge in [-0.25, -0.2) is 0 Å². The van der Waals surface area contributed by atoms with Gasteiger partial charge in [0.25, 0.3) is 0 Å². The average molecular weight is 483 g/mol. The Bertz CT molecular complexity index is 1010. The first kappa shape index (κ1) is 23.0. The minimum Gasteiger partial charge on any atom is -0.486 e. The third-order valence-corrected chi connectivity index (χ3v) is 6.89. The minimum atomic E-state index is 0.503. The van der Waals surface area contributed by atoms with Crippen LogP contribution in [0.3, 0.4) is 0 Å². The van der Waals surface area contributed by atoms with Crippen molar-refractivity contribution in [2.45, 2.75) is 45.6 Å². The second kappa shape index (κ2) is 10.6. The Morgan fingerprint density at radius 2 is 1.71 bits per heavy atom. The molecule has 5 rings (SSSR count). The number of anilines is 3. The Kier molecular flexibility index (Phi) is 7.18. The summed E-state index contributed by atoms with van der Waals surface area (Å²) >= 11 is 5.59. The third kappa shape index (κ3) is 5.63. The number of benzene rings is 1. The van der Waals surface area contributed by atoms with Crippen LogP contribution < -0.4 is 29.9 Å². The van der Waals surface area contributed by atoms with Crippen LogP contribution in [0.2, 0.25) is 0 Å². The molecule has 1 atom stereocenters. The van der Waals surface area contributed by atoms with Crippen molar-refractivity contribution in [3.8, 4) is 11.5 Å². The molecule has 0 saturated carbocycles. The van der Waals surface area contributed by atoms with E-state index in [0.29, 0.717) is 36.7 Å². The van der Waals surface area contributed by atoms with Gasteiger partial charge in [-0.05, 0) is 67.9 Å². The molecule has 2 aromatic rings. The number of piperidine rings is 2. The summed E-state index contributed by atoms with van der Waals surface area (Å²) in [7, 11) is 0. The number of rotatable bonds is 5. The maximum atomic E-state index is 5.69. The molecule has 1 aromatic carbocycles. The van der Waals surface area contributed by atoms with E-state index in [2.05, 4.69) is 33.4 Å². The van der Waals surface area contributed by atoms with Crippen LogP contribution in [0, 0.1) is 5.92 Å². The monoisotopic (exact) mass is 482 g/mol. The average Bonchev–Trinajstić information content (AvgIpc) is 2.88. The number of nitrogens with zero attached hydrogens (tertiary/aromatic N) is 4. The fourth-order valence-corrected chi connectivity index (χ4v) is 5.01. The second-order valence-corrected chi connectivity index (χ2v) is 9.84. The molecule has 0 radical (unpaired) electrons. The molecule has 8 nitrogen and oxygen atoms in total. The molecule has 0 amide bonds. The lowest BCUT2D eigenvalue weighted by molar-refractivity contribution is 0.171. The molecule has 34 heavy (non-hydrogen) atoms. The Balaban J connectivity index is 1.28. The van der Waals surface area contributed by atoms with E-state index in [1.54, 1.807) is 0 Å². The fraction of sp³-hybridized carbons (Fsp3) is 0.560. The summed E-state index contributed by atoms with van der Waals surface area (Å²) in [6, 6.07) is 8.11. The molecule has 0 bridgehead atoms. The number of hydrogen-bond acceptors (Lipinski definition) is 7. The van der Waals surface area contributed by atoms with Crippen molar-refractivity contribution in [1.82, 2.24) is 15.3 Å². The van der Waals surface area contributed by atoms with Gasteiger partial charge in [-0.15, -0.1) is 0 Å². The highest BCUT2D eigenvalue weighted by Gasteiger charge is 2.21. The van der Waals surface area contributed by atoms with Gasteiger partial charge in [-0.3, -0.25) is 0 Å². The molecule has 2 saturated heterocycles. The van der Waals surface area contributed by atoms with E-state index in [-0.39, 0.29) is 0 Å². The van der Waals surface area contributed by atoms with E-state index in [1.165, 1.54) is 32.1 Å². The van der Waals surface area contributed by atoms with Crippen LogP contribution in [0.1, 0.15) is 44.6 Å². The van der Waals surface area contributed by atoms with Gasteiger partial charge in [0, 0.05) is 38.8 Å². The zero-order valence-electron chi connectivity index (χ0n) is 19.9. The molecular formula is C25H34N6O2S. The predicted octanol–water partition coefficient (Wildman–Crippen LogP) is 3.96. The van der Waals surface area contributed by atoms with Crippen molar-refractivity contribution < 1.29 is 9.47 Å². The number of ether oxygens (including phenoxy) is 2. The number of nitrogens with one attached hydrogen (secondary N) is 2. The quantitative estimate of drug-likeness (QED) is 0.616. The standard InChI is InChI=1S/C25H34N6O2S/c1-18-6-5-11-31(17-18)23-15-22(30-9-3-2-4-10-30)27-24(28-23)29-25(34)26-16-19-7-8-20-21(14-19)33-13-12-32-20/h7-8,14-15,18H,2-6,9-13,16-17H2,1H3,(H2,26,27,28,29,34). The first-order chi connectivity index (χ1) is 16.6. The van der Waals surface area contributed by atoms with E-state index in [1.807, 2.05) is 18.2 Å². The normalized spacial score (nSPS) is 20.1. The molecule has 9 heteroatoms. The van der Waals surface area contributed by atoms with Crippen molar-refractivity contribution in [3.05, 3.63) is 29.8 Å². The molecule has 0 aliphatic carbocycles. The van der Waals surface area contributed by atoms with Crippen molar-refractivity contribution in [3.63, 3.8) is 0 Å². The summed E-state index contributed by atoms with van der Waals surface area (Å²) in [5.41, 5.74) is 1.07. The zero-order chi connectivity index (χ0) is 23.3. The number of thiocarbonyl (C=S) groups is 1. The maximum absolute atomic E-state index is 5.69. The van der Waals surface area contributed by atoms with Gasteiger partial charge in [-0.2, -0.15) is 9.97 Å². The molecule has 0 spiro atoms. The second-order valence-electron chi connectivity index (χ2n) is 9.43. The fourth-order valence-electron chi connectivity index (χ4n) is 4.85. The van der Waals surface area contributed by atoms with Gasteiger partial charge < -0.3 is 29.9 Å². The van der Waals surface area contributed by atoms with Crippen LogP contribution in [0.25, 0.3) is 0 Å². The maximum Gasteiger partial charge on any atom is 0.232 e. The predicted molar refractivity (Wildman–Crippen MR) is 139 cm³/mol. The van der Waals surface area contributed by atoms with Crippen LogP contribution in [-0.2, 0) is 6.54 Å². The van der Waals surface area contributed by atoms with Crippen LogP contribution in [0.5, 0.6) is 11.5 Å². The number of hydrogen-bond donors (Lipinski definition) is 2. The highest BCUT2D eigenvalue weighted by molar-refractivity contribution is 7.80. The number of aromatic nitrogens is 2. The van der Waals surface area contributed by atoms with E-state index >= 15 is 0 Å². The molecular weight excluding hydrogens is 448 g/mol. The highest BCUT2D eigenvalue weighted by atomic mass is 32.1. The molecule has 2 N–H and O–H groups in total. The Morgan fingerprint density at radius 3 is 2.50 bits per heavy atom. The lowest BCUT2D eigenvalue weighted by Gasteiger charge is -2.33. The van der Waals surface area contributed by atoms with E-state index in [4.69, 9.17) is 31.7 Å². The third-order valence-electron chi connectivity index (χ3n) is 6.65. The van der Waals surface area contributed by atoms with Crippen LogP contribution in [0.15, 0.2) is 24.3 Å². The van der Waals surface area contributed by atoms with E-state index < -0.39 is 0 Å². The first-order valence-corrected chi connectivity index (χ1v) is 12.9. The lowest BCUT2D eigenvalue weighted by Crippen LogP contribution is -2.36. The summed E-state index contributed by atoms with van der Waals surface area (Å²) in [6.45, 7) is 8.20. The van der Waals surface area contributed by atoms with Gasteiger partial charge in [-0.1, -0.05) is 13.0 Å². The van der Waals surface area contributed by atoms with Gasteiger partial charge in [0.15, 0.2) is 16.6 Å². The van der Waals surface area contributed by atoms with Gasteiger partial charge >= 0.3 is 0 Å². The van der Waals surface area contributed by atoms with Gasteiger partial charge in [0.1, 0.15) is 24.8 Å². The first-order valence-electron chi connectivity index (χ1n) is 12.5. The van der Waals surface area contributed by atoms with Crippen LogP contribution >= 0.6 is 12.2 Å². The zero-order valence-corrected chi connectivity index (χ0v) is 20.7. The summed E-state index contributed by atoms with van der Waals surface area (Å²) in [5.74, 6) is 4.77. The van der Waals surface area contributed by atoms with E-state index in [9.17, 15) is 0 Å². The van der Waals surface area contributed by atoms with Crippen molar-refractivity contribution in [2.75, 3.05) is 54.5 Å². The summed E-state index contributed by atoms with van der Waals surface area (Å²) in [5, 5.41) is 7.01. The molecule has 182 valence electrons. The van der Waals surface area contributed by atoms with Crippen molar-refractivity contribution >= 4 is 34.9 Å². The molecule has 3 aliphatic rings. The smallest absolute Gasteiger partial charge is 0.232 e. The molecule has 2 fully saturated rings. The Hall–Kier alpha value is -2.81. The molecule has 1 aromatic heterocycles. The summed E-state index contributed by atoms with van der Waals surface area (Å²) < 4.78 is 11.3. The van der Waals surface area contributed by atoms with Gasteiger partial charge in [0.2, 0.25) is 5.95 Å². The largest absolute Gasteiger partial charge is 0.486 e. The molecule has 1 unspecified atom stereocenters. The molecule has 3 aliphatic heterocycles. The number of fused-ring (bicyclic) bond motifs is 1. The van der Waals surface area contributed by atoms with Crippen molar-refractivity contribution in [1.29, 1.82) is 0 Å². The SMILES string of the molecule is CC1CCCN(c2cc(N3CCCCC3)nc(NC(=S)NCc3ccc4c(c3)OCCO4)n2)C1. The van der Waals surface area contributed by atoms with E-state index in [0.717, 1.165) is 54.9 Å². The van der Waals surface area contributed by atoms with Gasteiger partial charge in [0.05, 0.1) is 0 Å².